The van der Waals surface area contributed by atoms with Crippen LogP contribution in [0.1, 0.15) is 47.1 Å². The molecule has 1 rings (SSSR count). The minimum Gasteiger partial charge on any atom is -0.443 e. The molecule has 0 aromatic carbocycles. The SMILES string of the molecule is Cc1c(N(C(=O)OC(C)(C)C)C(=O)OC(C)(C)C)ncc(Br)c1F. The molecule has 134 valence electrons. The summed E-state index contributed by atoms with van der Waals surface area (Å²) < 4.78 is 24.7. The van der Waals surface area contributed by atoms with E-state index >= 15 is 0 Å². The van der Waals surface area contributed by atoms with Gasteiger partial charge in [-0.05, 0) is 64.4 Å². The van der Waals surface area contributed by atoms with Gasteiger partial charge in [-0.15, -0.1) is 0 Å². The zero-order valence-electron chi connectivity index (χ0n) is 14.9. The Morgan fingerprint density at radius 2 is 1.50 bits per heavy atom. The van der Waals surface area contributed by atoms with E-state index in [1.807, 2.05) is 0 Å². The van der Waals surface area contributed by atoms with Gasteiger partial charge < -0.3 is 9.47 Å². The van der Waals surface area contributed by atoms with Gasteiger partial charge in [0, 0.05) is 11.8 Å². The van der Waals surface area contributed by atoms with Crippen molar-refractivity contribution in [2.45, 2.75) is 59.7 Å². The molecule has 1 heterocycles. The van der Waals surface area contributed by atoms with E-state index in [1.165, 1.54) is 13.1 Å². The number of rotatable bonds is 1. The van der Waals surface area contributed by atoms with Gasteiger partial charge in [0.05, 0.1) is 4.47 Å². The fourth-order valence-electron chi connectivity index (χ4n) is 1.64. The van der Waals surface area contributed by atoms with Gasteiger partial charge in [0.15, 0.2) is 5.82 Å². The van der Waals surface area contributed by atoms with Crippen molar-refractivity contribution in [2.75, 3.05) is 4.90 Å². The molecule has 0 radical (unpaired) electrons. The zero-order valence-corrected chi connectivity index (χ0v) is 16.4. The highest BCUT2D eigenvalue weighted by Gasteiger charge is 2.35. The molecule has 0 saturated carbocycles. The van der Waals surface area contributed by atoms with E-state index in [1.54, 1.807) is 41.5 Å². The number of aromatic nitrogens is 1. The second-order valence-corrected chi connectivity index (χ2v) is 8.02. The molecule has 1 aromatic rings. The molecule has 0 unspecified atom stereocenters. The highest BCUT2D eigenvalue weighted by atomic mass is 79.9. The number of anilines is 1. The normalized spacial score (nSPS) is 11.9. The lowest BCUT2D eigenvalue weighted by molar-refractivity contribution is 0.0428. The van der Waals surface area contributed by atoms with Crippen LogP contribution < -0.4 is 4.90 Å². The lowest BCUT2D eigenvalue weighted by Crippen LogP contribution is -2.44. The predicted molar refractivity (Wildman–Crippen MR) is 91.6 cm³/mol. The smallest absolute Gasteiger partial charge is 0.425 e. The largest absolute Gasteiger partial charge is 0.443 e. The van der Waals surface area contributed by atoms with Gasteiger partial charge in [-0.2, -0.15) is 4.90 Å². The van der Waals surface area contributed by atoms with Crippen LogP contribution in [-0.2, 0) is 9.47 Å². The first kappa shape index (κ1) is 20.3. The number of halogens is 2. The summed E-state index contributed by atoms with van der Waals surface area (Å²) in [4.78, 5) is 29.5. The van der Waals surface area contributed by atoms with E-state index in [0.717, 1.165) is 0 Å². The van der Waals surface area contributed by atoms with Gasteiger partial charge in [0.1, 0.15) is 17.0 Å². The number of nitrogens with zero attached hydrogens (tertiary/aromatic N) is 2. The molecule has 0 atom stereocenters. The zero-order chi connectivity index (χ0) is 18.9. The number of ether oxygens (including phenoxy) is 2. The van der Waals surface area contributed by atoms with Crippen molar-refractivity contribution in [3.63, 3.8) is 0 Å². The van der Waals surface area contributed by atoms with Crippen molar-refractivity contribution in [3.05, 3.63) is 22.1 Å². The maximum atomic E-state index is 14.1. The van der Waals surface area contributed by atoms with Crippen molar-refractivity contribution < 1.29 is 23.5 Å². The van der Waals surface area contributed by atoms with Crippen molar-refractivity contribution in [1.82, 2.24) is 4.98 Å². The van der Waals surface area contributed by atoms with Gasteiger partial charge in [-0.3, -0.25) is 0 Å². The van der Waals surface area contributed by atoms with E-state index in [-0.39, 0.29) is 15.9 Å². The lowest BCUT2D eigenvalue weighted by Gasteiger charge is -2.28. The summed E-state index contributed by atoms with van der Waals surface area (Å²) in [7, 11) is 0. The molecule has 0 saturated heterocycles. The van der Waals surface area contributed by atoms with E-state index < -0.39 is 29.2 Å². The molecule has 6 nitrogen and oxygen atoms in total. The van der Waals surface area contributed by atoms with Crippen LogP contribution >= 0.6 is 15.9 Å². The number of amides is 2. The molecule has 0 fully saturated rings. The summed E-state index contributed by atoms with van der Waals surface area (Å²) in [5.74, 6) is -0.809. The molecule has 0 aliphatic heterocycles. The number of pyridine rings is 1. The number of carbonyl (C=O) groups is 2. The highest BCUT2D eigenvalue weighted by molar-refractivity contribution is 9.10. The van der Waals surface area contributed by atoms with Crippen LogP contribution in [0.25, 0.3) is 0 Å². The molecule has 0 aliphatic rings. The van der Waals surface area contributed by atoms with Crippen molar-refractivity contribution in [1.29, 1.82) is 0 Å². The van der Waals surface area contributed by atoms with Crippen LogP contribution in [0.3, 0.4) is 0 Å². The third-order valence-electron chi connectivity index (χ3n) is 2.54. The Hall–Kier alpha value is -1.70. The second kappa shape index (κ2) is 7.04. The lowest BCUT2D eigenvalue weighted by atomic mass is 10.2. The molecule has 0 N–H and O–H groups in total. The highest BCUT2D eigenvalue weighted by Crippen LogP contribution is 2.28. The van der Waals surface area contributed by atoms with E-state index in [4.69, 9.17) is 9.47 Å². The molecule has 24 heavy (non-hydrogen) atoms. The Morgan fingerprint density at radius 3 is 1.88 bits per heavy atom. The van der Waals surface area contributed by atoms with E-state index in [0.29, 0.717) is 4.90 Å². The van der Waals surface area contributed by atoms with Gasteiger partial charge in [-0.1, -0.05) is 0 Å². The van der Waals surface area contributed by atoms with Gasteiger partial charge in [0.25, 0.3) is 0 Å². The summed E-state index contributed by atoms with van der Waals surface area (Å²) in [5, 5.41) is 0. The summed E-state index contributed by atoms with van der Waals surface area (Å²) in [6.07, 6.45) is -0.817. The van der Waals surface area contributed by atoms with Crippen LogP contribution in [0, 0.1) is 12.7 Å². The first-order valence-corrected chi connectivity index (χ1v) is 8.09. The average Bonchev–Trinajstić information content (AvgIpc) is 2.35. The van der Waals surface area contributed by atoms with Crippen LogP contribution in [0.2, 0.25) is 0 Å². The third-order valence-corrected chi connectivity index (χ3v) is 3.09. The number of imide groups is 1. The first-order valence-electron chi connectivity index (χ1n) is 7.29. The van der Waals surface area contributed by atoms with Gasteiger partial charge in [-0.25, -0.2) is 19.0 Å². The summed E-state index contributed by atoms with van der Waals surface area (Å²) in [5.41, 5.74) is -1.68. The van der Waals surface area contributed by atoms with Crippen LogP contribution in [0.15, 0.2) is 10.7 Å². The quantitative estimate of drug-likeness (QED) is 0.660. The summed E-state index contributed by atoms with van der Waals surface area (Å²) in [6, 6.07) is 0. The second-order valence-electron chi connectivity index (χ2n) is 7.16. The summed E-state index contributed by atoms with van der Waals surface area (Å²) >= 11 is 3.01. The molecule has 8 heteroatoms. The predicted octanol–water partition coefficient (Wildman–Crippen LogP) is 4.97. The third kappa shape index (κ3) is 5.43. The minimum atomic E-state index is -0.992. The number of hydrogen-bond acceptors (Lipinski definition) is 5. The molecule has 1 aromatic heterocycles. The van der Waals surface area contributed by atoms with Crippen LogP contribution in [-0.4, -0.2) is 28.4 Å². The van der Waals surface area contributed by atoms with E-state index in [9.17, 15) is 14.0 Å². The van der Waals surface area contributed by atoms with Crippen molar-refractivity contribution >= 4 is 33.9 Å². The Kier molecular flexibility index (Phi) is 5.97. The maximum absolute atomic E-state index is 14.1. The van der Waals surface area contributed by atoms with Gasteiger partial charge >= 0.3 is 12.2 Å². The summed E-state index contributed by atoms with van der Waals surface area (Å²) in [6.45, 7) is 11.3. The number of carbonyl (C=O) groups excluding carboxylic acids is 2. The van der Waals surface area contributed by atoms with Gasteiger partial charge in [0.2, 0.25) is 0 Å². The fraction of sp³-hybridized carbons (Fsp3) is 0.562. The first-order chi connectivity index (χ1) is 10.7. The molecule has 0 spiro atoms. The topological polar surface area (TPSA) is 68.7 Å². The Morgan fingerprint density at radius 1 is 1.08 bits per heavy atom. The maximum Gasteiger partial charge on any atom is 0.425 e. The molecular weight excluding hydrogens is 383 g/mol. The Labute approximate surface area is 149 Å². The average molecular weight is 405 g/mol. The van der Waals surface area contributed by atoms with Crippen molar-refractivity contribution in [3.8, 4) is 0 Å². The van der Waals surface area contributed by atoms with Crippen molar-refractivity contribution in [2.24, 2.45) is 0 Å². The molecule has 0 aliphatic carbocycles. The van der Waals surface area contributed by atoms with Crippen LogP contribution in [0.4, 0.5) is 19.8 Å². The molecule has 2 amide bonds. The molecular formula is C16H22BrFN2O4. The standard InChI is InChI=1S/C16H22BrFN2O4/c1-9-11(18)10(17)8-19-12(9)20(13(21)23-15(2,3)4)14(22)24-16(5,6)7/h8H,1-7H3. The Bertz CT molecular complexity index is 623. The monoisotopic (exact) mass is 404 g/mol. The van der Waals surface area contributed by atoms with Crippen LogP contribution in [0.5, 0.6) is 0 Å². The van der Waals surface area contributed by atoms with E-state index in [2.05, 4.69) is 20.9 Å². The fourth-order valence-corrected chi connectivity index (χ4v) is 2.04. The minimum absolute atomic E-state index is 0.0149. The molecule has 0 bridgehead atoms. The Balaban J connectivity index is 3.36. The number of hydrogen-bond donors (Lipinski definition) is 0.